The zero-order valence-corrected chi connectivity index (χ0v) is 12.7. The van der Waals surface area contributed by atoms with Crippen LogP contribution in [-0.2, 0) is 15.9 Å². The van der Waals surface area contributed by atoms with E-state index in [2.05, 4.69) is 18.9 Å². The van der Waals surface area contributed by atoms with Gasteiger partial charge in [0.15, 0.2) is 0 Å². The van der Waals surface area contributed by atoms with Crippen LogP contribution in [0.5, 0.6) is 0 Å². The van der Waals surface area contributed by atoms with Gasteiger partial charge in [0.25, 0.3) is 0 Å². The van der Waals surface area contributed by atoms with Gasteiger partial charge in [-0.05, 0) is 19.4 Å². The predicted molar refractivity (Wildman–Crippen MR) is 76.7 cm³/mol. The molecule has 1 aliphatic heterocycles. The van der Waals surface area contributed by atoms with Gasteiger partial charge in [0.05, 0.1) is 17.4 Å². The van der Waals surface area contributed by atoms with Gasteiger partial charge in [-0.15, -0.1) is 0 Å². The molecule has 0 aromatic carbocycles. The number of hydrogen-bond donors (Lipinski definition) is 1. The summed E-state index contributed by atoms with van der Waals surface area (Å²) in [7, 11) is 1.67. The maximum Gasteiger partial charge on any atom is 0.0983 e. The van der Waals surface area contributed by atoms with Gasteiger partial charge in [0.1, 0.15) is 0 Å². The minimum Gasteiger partial charge on any atom is -0.390 e. The molecule has 0 amide bonds. The highest BCUT2D eigenvalue weighted by Gasteiger charge is 2.40. The summed E-state index contributed by atoms with van der Waals surface area (Å²) in [5.74, 6) is 0. The Morgan fingerprint density at radius 2 is 2.20 bits per heavy atom. The van der Waals surface area contributed by atoms with Crippen LogP contribution < -0.4 is 0 Å². The maximum absolute atomic E-state index is 10.6. The third-order valence-electron chi connectivity index (χ3n) is 4.46. The average Bonchev–Trinajstić information content (AvgIpc) is 2.95. The highest BCUT2D eigenvalue weighted by Crippen LogP contribution is 2.30. The van der Waals surface area contributed by atoms with E-state index in [9.17, 15) is 5.11 Å². The monoisotopic (exact) mass is 282 g/mol. The molecule has 1 N–H and O–H groups in total. The molecule has 114 valence electrons. The van der Waals surface area contributed by atoms with E-state index in [4.69, 9.17) is 9.47 Å². The molecule has 5 heteroatoms. The van der Waals surface area contributed by atoms with Crippen LogP contribution in [0.2, 0.25) is 0 Å². The Bertz CT molecular complexity index is 413. The Labute approximate surface area is 120 Å². The number of hydrogen-bond acceptors (Lipinski definition) is 4. The van der Waals surface area contributed by atoms with E-state index in [0.29, 0.717) is 25.7 Å². The number of ether oxygens (including phenoxy) is 2. The molecule has 0 spiro atoms. The van der Waals surface area contributed by atoms with E-state index >= 15 is 0 Å². The first-order chi connectivity index (χ1) is 9.61. The summed E-state index contributed by atoms with van der Waals surface area (Å²) < 4.78 is 13.0. The molecule has 0 aliphatic carbocycles. The van der Waals surface area contributed by atoms with Crippen molar-refractivity contribution >= 4 is 0 Å². The van der Waals surface area contributed by atoms with E-state index < -0.39 is 11.7 Å². The molecule has 1 fully saturated rings. The fourth-order valence-corrected chi connectivity index (χ4v) is 2.69. The molecular formula is C15H26N2O3. The number of aromatic nitrogens is 2. The van der Waals surface area contributed by atoms with E-state index in [1.165, 1.54) is 0 Å². The fourth-order valence-electron chi connectivity index (χ4n) is 2.69. The second-order valence-corrected chi connectivity index (χ2v) is 5.65. The quantitative estimate of drug-likeness (QED) is 0.866. The Morgan fingerprint density at radius 3 is 2.80 bits per heavy atom. The lowest BCUT2D eigenvalue weighted by Crippen LogP contribution is -2.49. The Kier molecular flexibility index (Phi) is 5.18. The Balaban J connectivity index is 2.02. The van der Waals surface area contributed by atoms with Crippen molar-refractivity contribution in [2.24, 2.45) is 0 Å². The van der Waals surface area contributed by atoms with Crippen LogP contribution in [0.25, 0.3) is 0 Å². The topological polar surface area (TPSA) is 56.5 Å². The van der Waals surface area contributed by atoms with Crippen molar-refractivity contribution in [3.8, 4) is 0 Å². The highest BCUT2D eigenvalue weighted by atomic mass is 16.5. The van der Waals surface area contributed by atoms with Gasteiger partial charge in [-0.3, -0.25) is 4.68 Å². The van der Waals surface area contributed by atoms with Crippen molar-refractivity contribution in [1.82, 2.24) is 9.78 Å². The molecular weight excluding hydrogens is 256 g/mol. The third-order valence-corrected chi connectivity index (χ3v) is 4.46. The van der Waals surface area contributed by atoms with Crippen molar-refractivity contribution < 1.29 is 14.6 Å². The summed E-state index contributed by atoms with van der Waals surface area (Å²) in [5.41, 5.74) is 0.430. The maximum atomic E-state index is 10.6. The molecule has 2 heterocycles. The fraction of sp³-hybridized carbons (Fsp3) is 0.800. The minimum atomic E-state index is -0.545. The summed E-state index contributed by atoms with van der Waals surface area (Å²) in [6, 6.07) is 2.37. The van der Waals surface area contributed by atoms with Crippen molar-refractivity contribution in [3.05, 3.63) is 18.0 Å². The van der Waals surface area contributed by atoms with Crippen LogP contribution in [0.15, 0.2) is 12.3 Å². The summed E-state index contributed by atoms with van der Waals surface area (Å²) in [4.78, 5) is 0. The van der Waals surface area contributed by atoms with E-state index in [1.54, 1.807) is 7.11 Å². The predicted octanol–water partition coefficient (Wildman–Crippen LogP) is 1.95. The molecule has 0 bridgehead atoms. The number of aliphatic hydroxyl groups excluding tert-OH is 1. The number of methoxy groups -OCH3 is 1. The van der Waals surface area contributed by atoms with Crippen molar-refractivity contribution in [1.29, 1.82) is 0 Å². The molecule has 2 rings (SSSR count). The van der Waals surface area contributed by atoms with Gasteiger partial charge in [0.2, 0.25) is 0 Å². The molecule has 0 radical (unpaired) electrons. The van der Waals surface area contributed by atoms with E-state index in [0.717, 1.165) is 25.0 Å². The standard InChI is InChI=1S/C15H26N2O3/c1-4-12(2)17-8-5-13(16-17)11-14(18)15(19-3)6-9-20-10-7-15/h5,8,12,14,18H,4,6-7,9-11H2,1-3H3. The van der Waals surface area contributed by atoms with Crippen LogP contribution in [-0.4, -0.2) is 46.9 Å². The molecule has 1 aromatic rings. The molecule has 5 nitrogen and oxygen atoms in total. The zero-order chi connectivity index (χ0) is 14.6. The molecule has 1 saturated heterocycles. The van der Waals surface area contributed by atoms with Gasteiger partial charge >= 0.3 is 0 Å². The molecule has 20 heavy (non-hydrogen) atoms. The van der Waals surface area contributed by atoms with E-state index in [1.807, 2.05) is 16.9 Å². The smallest absolute Gasteiger partial charge is 0.0983 e. The second-order valence-electron chi connectivity index (χ2n) is 5.65. The van der Waals surface area contributed by atoms with Crippen molar-refractivity contribution in [2.45, 2.75) is 57.3 Å². The summed E-state index contributed by atoms with van der Waals surface area (Å²) in [6.07, 6.45) is 4.48. The number of rotatable bonds is 6. The average molecular weight is 282 g/mol. The Morgan fingerprint density at radius 1 is 1.50 bits per heavy atom. The van der Waals surface area contributed by atoms with Crippen LogP contribution in [0.3, 0.4) is 0 Å². The van der Waals surface area contributed by atoms with Gasteiger partial charge in [-0.25, -0.2) is 0 Å². The first kappa shape index (κ1) is 15.5. The summed E-state index contributed by atoms with van der Waals surface area (Å²) in [5, 5.41) is 15.1. The first-order valence-electron chi connectivity index (χ1n) is 7.46. The normalized spacial score (nSPS) is 21.6. The van der Waals surface area contributed by atoms with Crippen LogP contribution in [0.1, 0.15) is 44.8 Å². The largest absolute Gasteiger partial charge is 0.390 e. The van der Waals surface area contributed by atoms with Crippen LogP contribution in [0, 0.1) is 0 Å². The number of nitrogens with zero attached hydrogens (tertiary/aromatic N) is 2. The first-order valence-corrected chi connectivity index (χ1v) is 7.46. The lowest BCUT2D eigenvalue weighted by Gasteiger charge is -2.39. The molecule has 1 aromatic heterocycles. The van der Waals surface area contributed by atoms with Gasteiger partial charge < -0.3 is 14.6 Å². The molecule has 2 unspecified atom stereocenters. The molecule has 0 saturated carbocycles. The van der Waals surface area contributed by atoms with Gasteiger partial charge in [0, 0.05) is 51.8 Å². The van der Waals surface area contributed by atoms with E-state index in [-0.39, 0.29) is 0 Å². The summed E-state index contributed by atoms with van der Waals surface area (Å²) in [6.45, 7) is 5.57. The lowest BCUT2D eigenvalue weighted by molar-refractivity contribution is -0.151. The van der Waals surface area contributed by atoms with Gasteiger partial charge in [-0.1, -0.05) is 6.92 Å². The Hall–Kier alpha value is -0.910. The van der Waals surface area contributed by atoms with Crippen molar-refractivity contribution in [2.75, 3.05) is 20.3 Å². The third kappa shape index (κ3) is 3.22. The minimum absolute atomic E-state index is 0.389. The highest BCUT2D eigenvalue weighted by molar-refractivity contribution is 5.05. The lowest BCUT2D eigenvalue weighted by atomic mass is 9.85. The second kappa shape index (κ2) is 6.70. The zero-order valence-electron chi connectivity index (χ0n) is 12.7. The van der Waals surface area contributed by atoms with Crippen LogP contribution in [0.4, 0.5) is 0 Å². The van der Waals surface area contributed by atoms with Gasteiger partial charge in [-0.2, -0.15) is 5.10 Å². The number of aliphatic hydroxyl groups is 1. The molecule has 1 aliphatic rings. The SMILES string of the molecule is CCC(C)n1ccc(CC(O)C2(OC)CCOCC2)n1. The van der Waals surface area contributed by atoms with Crippen molar-refractivity contribution in [3.63, 3.8) is 0 Å². The summed E-state index contributed by atoms with van der Waals surface area (Å²) >= 11 is 0. The van der Waals surface area contributed by atoms with Crippen LogP contribution >= 0.6 is 0 Å². The molecule has 2 atom stereocenters.